The van der Waals surface area contributed by atoms with Gasteiger partial charge in [0.2, 0.25) is 0 Å². The molecule has 2 aromatic carbocycles. The van der Waals surface area contributed by atoms with Crippen molar-refractivity contribution >= 4 is 15.9 Å². The van der Waals surface area contributed by atoms with Gasteiger partial charge in [-0.15, -0.1) is 0 Å². The van der Waals surface area contributed by atoms with Crippen molar-refractivity contribution in [2.24, 2.45) is 0 Å². The van der Waals surface area contributed by atoms with E-state index in [1.807, 2.05) is 46.0 Å². The lowest BCUT2D eigenvalue weighted by atomic mass is 9.91. The number of hydrogen-bond acceptors (Lipinski definition) is 1. The molecule has 1 atom stereocenters. The summed E-state index contributed by atoms with van der Waals surface area (Å²) < 4.78 is 15.4. The van der Waals surface area contributed by atoms with Gasteiger partial charge in [-0.05, 0) is 68.3 Å². The maximum Gasteiger partial charge on any atom is 0.128 e. The van der Waals surface area contributed by atoms with E-state index in [1.54, 1.807) is 6.07 Å². The molecular weight excluding hydrogens is 317 g/mol. The molecule has 2 aromatic rings. The molecule has 0 spiro atoms. The molecular formula is C17H19BrFN. The van der Waals surface area contributed by atoms with Crippen LogP contribution in [0.3, 0.4) is 0 Å². The van der Waals surface area contributed by atoms with Crippen LogP contribution in [0.2, 0.25) is 0 Å². The van der Waals surface area contributed by atoms with Crippen molar-refractivity contribution < 1.29 is 4.39 Å². The summed E-state index contributed by atoms with van der Waals surface area (Å²) in [5.41, 5.74) is 4.89. The van der Waals surface area contributed by atoms with Gasteiger partial charge in [0.05, 0.1) is 6.04 Å². The highest BCUT2D eigenvalue weighted by Crippen LogP contribution is 2.31. The van der Waals surface area contributed by atoms with Gasteiger partial charge in [-0.25, -0.2) is 4.39 Å². The van der Waals surface area contributed by atoms with E-state index in [-0.39, 0.29) is 11.9 Å². The largest absolute Gasteiger partial charge is 0.309 e. The fourth-order valence-corrected chi connectivity index (χ4v) is 3.19. The first kappa shape index (κ1) is 15.2. The van der Waals surface area contributed by atoms with E-state index >= 15 is 0 Å². The monoisotopic (exact) mass is 335 g/mol. The predicted octanol–water partition coefficient (Wildman–Crippen LogP) is 4.82. The highest BCUT2D eigenvalue weighted by atomic mass is 79.9. The van der Waals surface area contributed by atoms with E-state index in [1.165, 1.54) is 0 Å². The van der Waals surface area contributed by atoms with E-state index < -0.39 is 0 Å². The van der Waals surface area contributed by atoms with Crippen molar-refractivity contribution in [3.63, 3.8) is 0 Å². The van der Waals surface area contributed by atoms with Gasteiger partial charge < -0.3 is 5.32 Å². The molecule has 0 aliphatic heterocycles. The summed E-state index contributed by atoms with van der Waals surface area (Å²) in [5.74, 6) is -0.149. The van der Waals surface area contributed by atoms with E-state index in [0.717, 1.165) is 32.3 Å². The lowest BCUT2D eigenvalue weighted by Crippen LogP contribution is -2.21. The third-order valence-electron chi connectivity index (χ3n) is 3.60. The van der Waals surface area contributed by atoms with Crippen LogP contribution in [0.25, 0.3) is 0 Å². The zero-order valence-electron chi connectivity index (χ0n) is 12.2. The highest BCUT2D eigenvalue weighted by Gasteiger charge is 2.20. The van der Waals surface area contributed by atoms with Gasteiger partial charge in [0.15, 0.2) is 0 Å². The fraction of sp³-hybridized carbons (Fsp3) is 0.294. The van der Waals surface area contributed by atoms with Crippen molar-refractivity contribution in [2.45, 2.75) is 26.8 Å². The molecule has 0 saturated carbocycles. The Hall–Kier alpha value is -1.19. The molecule has 0 amide bonds. The average Bonchev–Trinajstić information content (AvgIpc) is 2.34. The SMILES string of the molecule is CNC(c1ccc(Br)cc1C)c1c(C)cc(C)cc1F. The molecule has 2 rings (SSSR count). The van der Waals surface area contributed by atoms with Gasteiger partial charge in [-0.1, -0.05) is 28.1 Å². The molecule has 1 N–H and O–H groups in total. The minimum absolute atomic E-state index is 0.135. The number of halogens is 2. The molecule has 1 unspecified atom stereocenters. The first-order valence-electron chi connectivity index (χ1n) is 6.64. The maximum atomic E-state index is 14.4. The summed E-state index contributed by atoms with van der Waals surface area (Å²) in [6.45, 7) is 5.93. The third-order valence-corrected chi connectivity index (χ3v) is 4.09. The van der Waals surface area contributed by atoms with Crippen LogP contribution in [0.15, 0.2) is 34.8 Å². The molecule has 0 fully saturated rings. The summed E-state index contributed by atoms with van der Waals surface area (Å²) >= 11 is 3.47. The molecule has 0 bridgehead atoms. The smallest absolute Gasteiger partial charge is 0.128 e. The van der Waals surface area contributed by atoms with E-state index in [9.17, 15) is 4.39 Å². The number of aryl methyl sites for hydroxylation is 3. The van der Waals surface area contributed by atoms with Crippen LogP contribution >= 0.6 is 15.9 Å². The Kier molecular flexibility index (Phi) is 4.61. The van der Waals surface area contributed by atoms with Crippen LogP contribution in [0.5, 0.6) is 0 Å². The molecule has 20 heavy (non-hydrogen) atoms. The van der Waals surface area contributed by atoms with Gasteiger partial charge in [-0.2, -0.15) is 0 Å². The quantitative estimate of drug-likeness (QED) is 0.847. The number of benzene rings is 2. The van der Waals surface area contributed by atoms with Crippen LogP contribution in [0, 0.1) is 26.6 Å². The molecule has 106 valence electrons. The second-order valence-electron chi connectivity index (χ2n) is 5.20. The number of hydrogen-bond donors (Lipinski definition) is 1. The van der Waals surface area contributed by atoms with E-state index in [4.69, 9.17) is 0 Å². The normalized spacial score (nSPS) is 12.5. The van der Waals surface area contributed by atoms with Crippen molar-refractivity contribution in [1.82, 2.24) is 5.32 Å². The second kappa shape index (κ2) is 6.06. The second-order valence-corrected chi connectivity index (χ2v) is 6.12. The highest BCUT2D eigenvalue weighted by molar-refractivity contribution is 9.10. The Balaban J connectivity index is 2.58. The van der Waals surface area contributed by atoms with Crippen LogP contribution in [0.1, 0.15) is 33.9 Å². The molecule has 0 aliphatic rings. The number of rotatable bonds is 3. The van der Waals surface area contributed by atoms with Crippen LogP contribution in [-0.4, -0.2) is 7.05 Å². The third kappa shape index (κ3) is 2.94. The average molecular weight is 336 g/mol. The molecule has 0 radical (unpaired) electrons. The summed E-state index contributed by atoms with van der Waals surface area (Å²) in [6.07, 6.45) is 0. The number of nitrogens with one attached hydrogen (secondary N) is 1. The summed E-state index contributed by atoms with van der Waals surface area (Å²) in [5, 5.41) is 3.24. The minimum atomic E-state index is -0.149. The zero-order chi connectivity index (χ0) is 14.9. The summed E-state index contributed by atoms with van der Waals surface area (Å²) in [7, 11) is 1.87. The molecule has 3 heteroatoms. The molecule has 0 saturated heterocycles. The lowest BCUT2D eigenvalue weighted by molar-refractivity contribution is 0.571. The minimum Gasteiger partial charge on any atom is -0.309 e. The fourth-order valence-electron chi connectivity index (χ4n) is 2.71. The molecule has 0 aliphatic carbocycles. The Morgan fingerprint density at radius 2 is 1.75 bits per heavy atom. The first-order valence-corrected chi connectivity index (χ1v) is 7.43. The Morgan fingerprint density at radius 3 is 2.30 bits per heavy atom. The van der Waals surface area contributed by atoms with Gasteiger partial charge in [0, 0.05) is 10.0 Å². The van der Waals surface area contributed by atoms with Crippen molar-refractivity contribution in [1.29, 1.82) is 0 Å². The van der Waals surface area contributed by atoms with Gasteiger partial charge in [0.1, 0.15) is 5.82 Å². The first-order chi connectivity index (χ1) is 9.43. The van der Waals surface area contributed by atoms with E-state index in [0.29, 0.717) is 0 Å². The summed E-state index contributed by atoms with van der Waals surface area (Å²) in [6, 6.07) is 9.58. The van der Waals surface area contributed by atoms with Crippen molar-refractivity contribution in [2.75, 3.05) is 7.05 Å². The molecule has 1 nitrogen and oxygen atoms in total. The predicted molar refractivity (Wildman–Crippen MR) is 85.7 cm³/mol. The van der Waals surface area contributed by atoms with Gasteiger partial charge in [-0.3, -0.25) is 0 Å². The Bertz CT molecular complexity index is 614. The standard InChI is InChI=1S/C17H19BrFN/c1-10-7-12(3)16(15(19)8-10)17(20-4)14-6-5-13(18)9-11(14)2/h5-9,17,20H,1-4H3. The lowest BCUT2D eigenvalue weighted by Gasteiger charge is -2.22. The summed E-state index contributed by atoms with van der Waals surface area (Å²) in [4.78, 5) is 0. The maximum absolute atomic E-state index is 14.4. The van der Waals surface area contributed by atoms with Gasteiger partial charge in [0.25, 0.3) is 0 Å². The zero-order valence-corrected chi connectivity index (χ0v) is 13.8. The molecule has 0 aromatic heterocycles. The van der Waals surface area contributed by atoms with Crippen molar-refractivity contribution in [3.05, 3.63) is 68.4 Å². The topological polar surface area (TPSA) is 12.0 Å². The van der Waals surface area contributed by atoms with Crippen LogP contribution in [0.4, 0.5) is 4.39 Å². The Morgan fingerprint density at radius 1 is 1.05 bits per heavy atom. The van der Waals surface area contributed by atoms with Crippen molar-refractivity contribution in [3.8, 4) is 0 Å². The van der Waals surface area contributed by atoms with Crippen LogP contribution < -0.4 is 5.32 Å². The van der Waals surface area contributed by atoms with E-state index in [2.05, 4.69) is 27.3 Å². The van der Waals surface area contributed by atoms with Crippen LogP contribution in [-0.2, 0) is 0 Å². The Labute approximate surface area is 128 Å². The molecule has 0 heterocycles. The van der Waals surface area contributed by atoms with Gasteiger partial charge >= 0.3 is 0 Å².